The maximum atomic E-state index is 12.6. The Bertz CT molecular complexity index is 824. The summed E-state index contributed by atoms with van der Waals surface area (Å²) in [6.07, 6.45) is 3.20. The molecule has 0 bridgehead atoms. The Labute approximate surface area is 151 Å². The first kappa shape index (κ1) is 17.7. The maximum Gasteiger partial charge on any atom is 0.335 e. The van der Waals surface area contributed by atoms with Crippen LogP contribution in [-0.2, 0) is 0 Å². The highest BCUT2D eigenvalue weighted by Crippen LogP contribution is 2.17. The zero-order valence-electron chi connectivity index (χ0n) is 14.3. The van der Waals surface area contributed by atoms with E-state index in [2.05, 4.69) is 5.32 Å². The molecule has 26 heavy (non-hydrogen) atoms. The lowest BCUT2D eigenvalue weighted by Gasteiger charge is -2.26. The van der Waals surface area contributed by atoms with Gasteiger partial charge in [-0.15, -0.1) is 0 Å². The Balaban J connectivity index is 1.70. The monoisotopic (exact) mass is 352 g/mol. The molecule has 0 atom stereocenters. The van der Waals surface area contributed by atoms with Crippen LogP contribution in [0.2, 0.25) is 0 Å². The van der Waals surface area contributed by atoms with E-state index in [0.717, 1.165) is 32.4 Å². The van der Waals surface area contributed by atoms with Crippen LogP contribution < -0.4 is 5.32 Å². The van der Waals surface area contributed by atoms with E-state index in [1.54, 1.807) is 24.3 Å². The van der Waals surface area contributed by atoms with Gasteiger partial charge in [0, 0.05) is 29.9 Å². The minimum absolute atomic E-state index is 0.0217. The molecule has 0 aromatic heterocycles. The fourth-order valence-corrected chi connectivity index (χ4v) is 2.98. The second-order valence-electron chi connectivity index (χ2n) is 6.27. The minimum atomic E-state index is -1.04. The third kappa shape index (κ3) is 4.08. The number of nitrogens with zero attached hydrogens (tertiary/aromatic N) is 1. The van der Waals surface area contributed by atoms with Gasteiger partial charge in [0.05, 0.1) is 5.56 Å². The fourth-order valence-electron chi connectivity index (χ4n) is 2.98. The van der Waals surface area contributed by atoms with Crippen molar-refractivity contribution >= 4 is 23.5 Å². The standard InChI is InChI=1S/C20H20N2O4/c23-18(14-7-9-15(10-8-14)20(25)26)21-17-6-4-5-16(13-17)19(24)22-11-2-1-3-12-22/h4-10,13H,1-3,11-12H2,(H,21,23)(H,25,26). The Hall–Kier alpha value is -3.15. The van der Waals surface area contributed by atoms with Crippen LogP contribution in [0.4, 0.5) is 5.69 Å². The van der Waals surface area contributed by atoms with E-state index in [1.165, 1.54) is 24.3 Å². The summed E-state index contributed by atoms with van der Waals surface area (Å²) in [6, 6.07) is 12.6. The van der Waals surface area contributed by atoms with Crippen LogP contribution in [0.5, 0.6) is 0 Å². The number of piperidine rings is 1. The van der Waals surface area contributed by atoms with Crippen molar-refractivity contribution in [3.05, 3.63) is 65.2 Å². The van der Waals surface area contributed by atoms with Crippen LogP contribution in [0, 0.1) is 0 Å². The summed E-state index contributed by atoms with van der Waals surface area (Å²) in [7, 11) is 0. The summed E-state index contributed by atoms with van der Waals surface area (Å²) in [6.45, 7) is 1.54. The van der Waals surface area contributed by atoms with Gasteiger partial charge in [-0.1, -0.05) is 6.07 Å². The molecule has 6 nitrogen and oxygen atoms in total. The van der Waals surface area contributed by atoms with Crippen LogP contribution in [0.3, 0.4) is 0 Å². The summed E-state index contributed by atoms with van der Waals surface area (Å²) >= 11 is 0. The van der Waals surface area contributed by atoms with Gasteiger partial charge in [-0.2, -0.15) is 0 Å². The lowest BCUT2D eigenvalue weighted by atomic mass is 10.1. The number of rotatable bonds is 4. The van der Waals surface area contributed by atoms with Crippen LogP contribution in [0.25, 0.3) is 0 Å². The number of hydrogen-bond acceptors (Lipinski definition) is 3. The number of amides is 2. The molecule has 3 rings (SSSR count). The highest BCUT2D eigenvalue weighted by Gasteiger charge is 2.18. The van der Waals surface area contributed by atoms with Crippen molar-refractivity contribution in [3.63, 3.8) is 0 Å². The largest absolute Gasteiger partial charge is 0.478 e. The first-order valence-corrected chi connectivity index (χ1v) is 8.58. The van der Waals surface area contributed by atoms with Gasteiger partial charge in [0.25, 0.3) is 11.8 Å². The number of carbonyl (C=O) groups excluding carboxylic acids is 2. The van der Waals surface area contributed by atoms with E-state index in [1.807, 2.05) is 4.90 Å². The summed E-state index contributed by atoms with van der Waals surface area (Å²) in [5.74, 6) is -1.42. The van der Waals surface area contributed by atoms with Crippen LogP contribution in [-0.4, -0.2) is 40.9 Å². The van der Waals surface area contributed by atoms with Crippen molar-refractivity contribution in [1.29, 1.82) is 0 Å². The van der Waals surface area contributed by atoms with E-state index in [4.69, 9.17) is 5.11 Å². The topological polar surface area (TPSA) is 86.7 Å². The quantitative estimate of drug-likeness (QED) is 0.884. The Morgan fingerprint density at radius 3 is 2.15 bits per heavy atom. The van der Waals surface area contributed by atoms with Gasteiger partial charge in [0.1, 0.15) is 0 Å². The Kier molecular flexibility index (Phi) is 5.31. The lowest BCUT2D eigenvalue weighted by molar-refractivity contribution is 0.0694. The van der Waals surface area contributed by atoms with E-state index in [0.29, 0.717) is 16.8 Å². The lowest BCUT2D eigenvalue weighted by Crippen LogP contribution is -2.35. The fraction of sp³-hybridized carbons (Fsp3) is 0.250. The Morgan fingerprint density at radius 2 is 1.50 bits per heavy atom. The highest BCUT2D eigenvalue weighted by atomic mass is 16.4. The van der Waals surface area contributed by atoms with Crippen molar-refractivity contribution in [1.82, 2.24) is 4.90 Å². The van der Waals surface area contributed by atoms with Gasteiger partial charge < -0.3 is 15.3 Å². The zero-order valence-corrected chi connectivity index (χ0v) is 14.3. The number of carbonyl (C=O) groups is 3. The molecule has 0 radical (unpaired) electrons. The zero-order chi connectivity index (χ0) is 18.5. The van der Waals surface area contributed by atoms with Gasteiger partial charge in [0.2, 0.25) is 0 Å². The van der Waals surface area contributed by atoms with E-state index in [-0.39, 0.29) is 17.4 Å². The summed E-state index contributed by atoms with van der Waals surface area (Å²) < 4.78 is 0. The first-order valence-electron chi connectivity index (χ1n) is 8.58. The van der Waals surface area contributed by atoms with Gasteiger partial charge in [-0.25, -0.2) is 4.79 Å². The Morgan fingerprint density at radius 1 is 0.846 bits per heavy atom. The average Bonchev–Trinajstić information content (AvgIpc) is 2.68. The molecule has 1 fully saturated rings. The van der Waals surface area contributed by atoms with Gasteiger partial charge >= 0.3 is 5.97 Å². The molecule has 1 aliphatic heterocycles. The highest BCUT2D eigenvalue weighted by molar-refractivity contribution is 6.05. The third-order valence-corrected chi connectivity index (χ3v) is 4.40. The van der Waals surface area contributed by atoms with Crippen molar-refractivity contribution in [2.24, 2.45) is 0 Å². The van der Waals surface area contributed by atoms with Crippen LogP contribution >= 0.6 is 0 Å². The number of benzene rings is 2. The van der Waals surface area contributed by atoms with E-state index < -0.39 is 5.97 Å². The molecule has 2 aromatic rings. The van der Waals surface area contributed by atoms with E-state index in [9.17, 15) is 14.4 Å². The van der Waals surface area contributed by atoms with Crippen molar-refractivity contribution in [2.75, 3.05) is 18.4 Å². The maximum absolute atomic E-state index is 12.6. The van der Waals surface area contributed by atoms with Crippen LogP contribution in [0.1, 0.15) is 50.3 Å². The SMILES string of the molecule is O=C(O)c1ccc(C(=O)Nc2cccc(C(=O)N3CCCCC3)c2)cc1. The number of nitrogens with one attached hydrogen (secondary N) is 1. The third-order valence-electron chi connectivity index (χ3n) is 4.40. The molecule has 1 heterocycles. The molecular weight excluding hydrogens is 332 g/mol. The molecule has 0 aliphatic carbocycles. The van der Waals surface area contributed by atoms with Crippen molar-refractivity contribution in [2.45, 2.75) is 19.3 Å². The molecule has 6 heteroatoms. The molecule has 0 spiro atoms. The second kappa shape index (κ2) is 7.82. The number of likely N-dealkylation sites (tertiary alicyclic amines) is 1. The smallest absolute Gasteiger partial charge is 0.335 e. The minimum Gasteiger partial charge on any atom is -0.478 e. The molecule has 2 N–H and O–H groups in total. The number of aromatic carboxylic acids is 1. The summed E-state index contributed by atoms with van der Waals surface area (Å²) in [4.78, 5) is 37.6. The number of carboxylic acids is 1. The molecule has 0 unspecified atom stereocenters. The van der Waals surface area contributed by atoms with Crippen molar-refractivity contribution < 1.29 is 19.5 Å². The number of anilines is 1. The van der Waals surface area contributed by atoms with Crippen LogP contribution in [0.15, 0.2) is 48.5 Å². The van der Waals surface area contributed by atoms with Gasteiger partial charge in [0.15, 0.2) is 0 Å². The normalized spacial score (nSPS) is 13.9. The molecule has 2 aromatic carbocycles. The average molecular weight is 352 g/mol. The predicted molar refractivity (Wildman–Crippen MR) is 97.6 cm³/mol. The molecule has 2 amide bonds. The van der Waals surface area contributed by atoms with E-state index >= 15 is 0 Å². The predicted octanol–water partition coefficient (Wildman–Crippen LogP) is 3.26. The van der Waals surface area contributed by atoms with Gasteiger partial charge in [-0.05, 0) is 61.7 Å². The van der Waals surface area contributed by atoms with Crippen molar-refractivity contribution in [3.8, 4) is 0 Å². The summed E-state index contributed by atoms with van der Waals surface area (Å²) in [5, 5.41) is 11.7. The summed E-state index contributed by atoms with van der Waals surface area (Å²) in [5.41, 5.74) is 1.55. The molecule has 134 valence electrons. The first-order chi connectivity index (χ1) is 12.5. The number of carboxylic acid groups (broad SMARTS) is 1. The number of hydrogen-bond donors (Lipinski definition) is 2. The molecule has 1 aliphatic rings. The molecular formula is C20H20N2O4. The molecule has 1 saturated heterocycles. The second-order valence-corrected chi connectivity index (χ2v) is 6.27. The van der Waals surface area contributed by atoms with Gasteiger partial charge in [-0.3, -0.25) is 9.59 Å². The molecule has 0 saturated carbocycles.